The molecule has 3 rings (SSSR count). The summed E-state index contributed by atoms with van der Waals surface area (Å²) in [5, 5.41) is 3.06. The molecule has 0 radical (unpaired) electrons. The van der Waals surface area contributed by atoms with Crippen LogP contribution in [0.5, 0.6) is 17.2 Å². The largest absolute Gasteiger partial charge is 0.493 e. The lowest BCUT2D eigenvalue weighted by molar-refractivity contribution is 0.0927. The Hall–Kier alpha value is -2.77. The molecule has 1 aliphatic rings. The van der Waals surface area contributed by atoms with E-state index in [0.717, 1.165) is 5.56 Å². The van der Waals surface area contributed by atoms with Crippen molar-refractivity contribution in [3.63, 3.8) is 0 Å². The first kappa shape index (κ1) is 20.0. The molecule has 2 aromatic rings. The van der Waals surface area contributed by atoms with Gasteiger partial charge in [0.1, 0.15) is 6.17 Å². The van der Waals surface area contributed by atoms with Crippen LogP contribution in [0.3, 0.4) is 0 Å². The molecule has 3 atom stereocenters. The van der Waals surface area contributed by atoms with Crippen molar-refractivity contribution >= 4 is 5.91 Å². The molecule has 3 unspecified atom stereocenters. The summed E-state index contributed by atoms with van der Waals surface area (Å²) in [6, 6.07) is 11.8. The number of hydrogen-bond donors (Lipinski definition) is 3. The lowest BCUT2D eigenvalue weighted by atomic mass is 9.91. The predicted octanol–water partition coefficient (Wildman–Crippen LogP) is 2.36. The van der Waals surface area contributed by atoms with Crippen LogP contribution < -0.4 is 30.4 Å². The molecule has 0 saturated carbocycles. The molecule has 1 fully saturated rings. The van der Waals surface area contributed by atoms with E-state index >= 15 is 0 Å². The fourth-order valence-electron chi connectivity index (χ4n) is 3.52. The number of carbonyl (C=O) groups excluding carboxylic acids is 1. The van der Waals surface area contributed by atoms with E-state index in [1.807, 2.05) is 0 Å². The third kappa shape index (κ3) is 3.90. The zero-order chi connectivity index (χ0) is 20.3. The van der Waals surface area contributed by atoms with Crippen LogP contribution in [0.25, 0.3) is 0 Å². The Kier molecular flexibility index (Phi) is 6.06. The second-order valence-corrected chi connectivity index (χ2v) is 6.88. The zero-order valence-electron chi connectivity index (χ0n) is 16.8. The van der Waals surface area contributed by atoms with Crippen LogP contribution in [-0.4, -0.2) is 39.4 Å². The quantitative estimate of drug-likeness (QED) is 0.708. The number of aryl methyl sites for hydroxylation is 1. The highest BCUT2D eigenvalue weighted by molar-refractivity contribution is 5.96. The molecule has 1 aliphatic heterocycles. The van der Waals surface area contributed by atoms with E-state index in [2.05, 4.69) is 54.3 Å². The van der Waals surface area contributed by atoms with Crippen molar-refractivity contribution < 1.29 is 19.0 Å². The summed E-state index contributed by atoms with van der Waals surface area (Å²) in [6.07, 6.45) is -0.260. The lowest BCUT2D eigenvalue weighted by Gasteiger charge is -2.23. The monoisotopic (exact) mass is 385 g/mol. The number of benzene rings is 2. The fourth-order valence-corrected chi connectivity index (χ4v) is 3.52. The first-order valence-corrected chi connectivity index (χ1v) is 9.17. The molecule has 7 nitrogen and oxygen atoms in total. The molecule has 3 N–H and O–H groups in total. The SMILES string of the molecule is COc1cc(C(=O)NC2NNC(C)C2c2ccc(C)cc2)cc(OC)c1OC. The van der Waals surface area contributed by atoms with Gasteiger partial charge in [0, 0.05) is 17.5 Å². The fraction of sp³-hybridized carbons (Fsp3) is 0.381. The minimum absolute atomic E-state index is 0.0894. The Morgan fingerprint density at radius 3 is 2.11 bits per heavy atom. The molecule has 0 aliphatic carbocycles. The third-order valence-corrected chi connectivity index (χ3v) is 5.04. The molecule has 1 amide bonds. The summed E-state index contributed by atoms with van der Waals surface area (Å²) in [7, 11) is 4.58. The van der Waals surface area contributed by atoms with Crippen LogP contribution in [0.1, 0.15) is 34.3 Å². The Morgan fingerprint density at radius 1 is 0.964 bits per heavy atom. The first-order valence-electron chi connectivity index (χ1n) is 9.17. The number of rotatable bonds is 6. The van der Waals surface area contributed by atoms with E-state index < -0.39 is 0 Å². The van der Waals surface area contributed by atoms with Gasteiger partial charge in [-0.1, -0.05) is 29.8 Å². The van der Waals surface area contributed by atoms with Gasteiger partial charge >= 0.3 is 0 Å². The smallest absolute Gasteiger partial charge is 0.252 e. The summed E-state index contributed by atoms with van der Waals surface area (Å²) in [5.74, 6) is 1.19. The molecular weight excluding hydrogens is 358 g/mol. The van der Waals surface area contributed by atoms with Crippen LogP contribution in [0.15, 0.2) is 36.4 Å². The molecule has 28 heavy (non-hydrogen) atoms. The average molecular weight is 385 g/mol. The van der Waals surface area contributed by atoms with Gasteiger partial charge in [0.15, 0.2) is 11.5 Å². The number of nitrogens with one attached hydrogen (secondary N) is 3. The highest BCUT2D eigenvalue weighted by Crippen LogP contribution is 2.38. The Balaban J connectivity index is 1.84. The molecule has 150 valence electrons. The Morgan fingerprint density at radius 2 is 1.57 bits per heavy atom. The minimum atomic E-state index is -0.260. The maximum atomic E-state index is 12.9. The van der Waals surface area contributed by atoms with E-state index in [-0.39, 0.29) is 24.0 Å². The van der Waals surface area contributed by atoms with Gasteiger partial charge in [-0.15, -0.1) is 0 Å². The van der Waals surface area contributed by atoms with Gasteiger partial charge < -0.3 is 19.5 Å². The number of ether oxygens (including phenoxy) is 3. The van der Waals surface area contributed by atoms with E-state index in [1.165, 1.54) is 26.9 Å². The van der Waals surface area contributed by atoms with Crippen LogP contribution in [-0.2, 0) is 0 Å². The van der Waals surface area contributed by atoms with Crippen molar-refractivity contribution in [2.75, 3.05) is 21.3 Å². The molecule has 2 aromatic carbocycles. The number of hydrazine groups is 1. The lowest BCUT2D eigenvalue weighted by Crippen LogP contribution is -2.46. The van der Waals surface area contributed by atoms with Gasteiger partial charge in [0.25, 0.3) is 5.91 Å². The van der Waals surface area contributed by atoms with Crippen molar-refractivity contribution in [3.8, 4) is 17.2 Å². The van der Waals surface area contributed by atoms with Crippen LogP contribution in [0.4, 0.5) is 0 Å². The highest BCUT2D eigenvalue weighted by atomic mass is 16.5. The summed E-state index contributed by atoms with van der Waals surface area (Å²) >= 11 is 0. The maximum absolute atomic E-state index is 12.9. The van der Waals surface area contributed by atoms with E-state index in [0.29, 0.717) is 22.8 Å². The maximum Gasteiger partial charge on any atom is 0.252 e. The van der Waals surface area contributed by atoms with Crippen LogP contribution >= 0.6 is 0 Å². The van der Waals surface area contributed by atoms with Crippen LogP contribution in [0.2, 0.25) is 0 Å². The average Bonchev–Trinajstić information content (AvgIpc) is 3.07. The van der Waals surface area contributed by atoms with Gasteiger partial charge in [-0.05, 0) is 31.5 Å². The molecule has 0 bridgehead atoms. The van der Waals surface area contributed by atoms with Crippen molar-refractivity contribution in [3.05, 3.63) is 53.1 Å². The Labute approximate surface area is 165 Å². The summed E-state index contributed by atoms with van der Waals surface area (Å²) in [4.78, 5) is 12.9. The topological polar surface area (TPSA) is 80.9 Å². The molecule has 1 heterocycles. The molecule has 0 spiro atoms. The summed E-state index contributed by atoms with van der Waals surface area (Å²) < 4.78 is 16.0. The third-order valence-electron chi connectivity index (χ3n) is 5.04. The van der Waals surface area contributed by atoms with Gasteiger partial charge in [0.2, 0.25) is 5.75 Å². The molecular formula is C21H27N3O4. The molecule has 1 saturated heterocycles. The predicted molar refractivity (Wildman–Crippen MR) is 107 cm³/mol. The second-order valence-electron chi connectivity index (χ2n) is 6.88. The zero-order valence-corrected chi connectivity index (χ0v) is 16.8. The molecule has 0 aromatic heterocycles. The highest BCUT2D eigenvalue weighted by Gasteiger charge is 2.35. The number of amides is 1. The number of carbonyl (C=O) groups is 1. The van der Waals surface area contributed by atoms with Gasteiger partial charge in [0.05, 0.1) is 21.3 Å². The summed E-state index contributed by atoms with van der Waals surface area (Å²) in [6.45, 7) is 4.14. The van der Waals surface area contributed by atoms with Gasteiger partial charge in [-0.3, -0.25) is 10.2 Å². The van der Waals surface area contributed by atoms with E-state index in [4.69, 9.17) is 14.2 Å². The van der Waals surface area contributed by atoms with Crippen molar-refractivity contribution in [1.82, 2.24) is 16.2 Å². The summed E-state index contributed by atoms with van der Waals surface area (Å²) in [5.41, 5.74) is 9.19. The standard InChI is InChI=1S/C21H27N3O4/c1-12-6-8-14(9-7-12)18-13(2)23-24-20(18)22-21(25)15-10-16(26-3)19(28-5)17(11-15)27-4/h6-11,13,18,20,23-24H,1-5H3,(H,22,25). The van der Waals surface area contributed by atoms with Gasteiger partial charge in [-0.2, -0.15) is 0 Å². The first-order chi connectivity index (χ1) is 13.5. The normalized spacial score (nSPS) is 21.2. The van der Waals surface area contributed by atoms with Crippen molar-refractivity contribution in [2.24, 2.45) is 0 Å². The van der Waals surface area contributed by atoms with Crippen molar-refractivity contribution in [2.45, 2.75) is 32.0 Å². The second kappa shape index (κ2) is 8.50. The molecule has 7 heteroatoms. The van der Waals surface area contributed by atoms with Crippen molar-refractivity contribution in [1.29, 1.82) is 0 Å². The van der Waals surface area contributed by atoms with E-state index in [1.54, 1.807) is 12.1 Å². The number of hydrogen-bond acceptors (Lipinski definition) is 6. The number of methoxy groups -OCH3 is 3. The van der Waals surface area contributed by atoms with Crippen LogP contribution in [0, 0.1) is 6.92 Å². The van der Waals surface area contributed by atoms with Gasteiger partial charge in [-0.25, -0.2) is 5.43 Å². The Bertz CT molecular complexity index is 813. The van der Waals surface area contributed by atoms with E-state index in [9.17, 15) is 4.79 Å². The minimum Gasteiger partial charge on any atom is -0.493 e.